The van der Waals surface area contributed by atoms with Gasteiger partial charge in [-0.15, -0.1) is 0 Å². The van der Waals surface area contributed by atoms with Gasteiger partial charge in [-0.25, -0.2) is 4.79 Å². The van der Waals surface area contributed by atoms with Gasteiger partial charge in [0.2, 0.25) is 17.6 Å². The largest absolute Gasteiger partial charge is 0.447 e. The average molecular weight is 667 g/mol. The molecule has 0 aromatic heterocycles. The van der Waals surface area contributed by atoms with Crippen LogP contribution in [0, 0.1) is 34.0 Å². The van der Waals surface area contributed by atoms with Crippen molar-refractivity contribution in [3.63, 3.8) is 0 Å². The number of carbonyl (C=O) groups excluding carboxylic acids is 5. The molecule has 4 amide bonds. The Morgan fingerprint density at radius 3 is 2.15 bits per heavy atom. The van der Waals surface area contributed by atoms with Crippen LogP contribution in [0.2, 0.25) is 0 Å². The van der Waals surface area contributed by atoms with Crippen LogP contribution in [0.4, 0.5) is 10.5 Å². The summed E-state index contributed by atoms with van der Waals surface area (Å²) < 4.78 is 5.55. The lowest BCUT2D eigenvalue weighted by Gasteiger charge is -2.40. The molecule has 6 N–H and O–H groups in total. The number of ketones is 1. The van der Waals surface area contributed by atoms with Crippen LogP contribution in [0.1, 0.15) is 74.7 Å². The van der Waals surface area contributed by atoms with E-state index in [0.717, 1.165) is 12.8 Å². The van der Waals surface area contributed by atoms with Crippen molar-refractivity contribution in [3.05, 3.63) is 42.7 Å². The van der Waals surface area contributed by atoms with Gasteiger partial charge in [0, 0.05) is 12.2 Å². The van der Waals surface area contributed by atoms with Gasteiger partial charge in [-0.05, 0) is 52.6 Å². The number of nitrogens with one attached hydrogen (secondary N) is 4. The number of hydrogen-bond donors (Lipinski definition) is 5. The van der Waals surface area contributed by atoms with Crippen LogP contribution in [0.25, 0.3) is 0 Å². The highest BCUT2D eigenvalue weighted by molar-refractivity contribution is 6.37. The van der Waals surface area contributed by atoms with Gasteiger partial charge in [-0.3, -0.25) is 24.5 Å². The Hall–Kier alpha value is -4.09. The average Bonchev–Trinajstić information content (AvgIpc) is 3.83. The van der Waals surface area contributed by atoms with E-state index in [1.54, 1.807) is 17.0 Å². The number of rotatable bonds is 14. The van der Waals surface area contributed by atoms with E-state index >= 15 is 0 Å². The molecule has 1 saturated heterocycles. The van der Waals surface area contributed by atoms with Crippen molar-refractivity contribution in [2.45, 2.75) is 98.8 Å². The van der Waals surface area contributed by atoms with Crippen molar-refractivity contribution in [2.24, 2.45) is 39.7 Å². The highest BCUT2D eigenvalue weighted by atomic mass is 16.5. The molecule has 1 aromatic carbocycles. The Labute approximate surface area is 284 Å². The van der Waals surface area contributed by atoms with Crippen molar-refractivity contribution in [2.75, 3.05) is 18.5 Å². The second-order valence-corrected chi connectivity index (χ2v) is 16.4. The fourth-order valence-corrected chi connectivity index (χ4v) is 6.74. The molecule has 48 heavy (non-hydrogen) atoms. The molecular weight excluding hydrogens is 612 g/mol. The summed E-state index contributed by atoms with van der Waals surface area (Å²) in [4.78, 5) is 66.9. The number of nitrogens with zero attached hydrogens (tertiary/aromatic N) is 1. The molecule has 12 heteroatoms. The van der Waals surface area contributed by atoms with E-state index in [1.807, 2.05) is 59.7 Å². The van der Waals surface area contributed by atoms with Crippen molar-refractivity contribution in [3.8, 4) is 0 Å². The number of hydrogen-bond acceptors (Lipinski definition) is 8. The molecule has 6 atom stereocenters. The molecule has 2 saturated carbocycles. The summed E-state index contributed by atoms with van der Waals surface area (Å²) in [5.74, 6) is -1.93. The molecule has 4 rings (SSSR count). The fraction of sp³-hybridized carbons (Fsp3) is 0.639. The monoisotopic (exact) mass is 666 g/mol. The third-order valence-corrected chi connectivity index (χ3v) is 10.1. The summed E-state index contributed by atoms with van der Waals surface area (Å²) in [7, 11) is 0. The number of amides is 4. The highest BCUT2D eigenvalue weighted by Gasteiger charge is 2.70. The molecule has 3 aliphatic rings. The van der Waals surface area contributed by atoms with Crippen molar-refractivity contribution < 1.29 is 28.7 Å². The van der Waals surface area contributed by atoms with Crippen LogP contribution < -0.4 is 27.0 Å². The summed E-state index contributed by atoms with van der Waals surface area (Å²) in [5, 5.41) is 12.1. The topological polar surface area (TPSA) is 172 Å². The van der Waals surface area contributed by atoms with E-state index in [9.17, 15) is 24.0 Å². The fourth-order valence-electron chi connectivity index (χ4n) is 6.74. The molecule has 0 spiro atoms. The third-order valence-electron chi connectivity index (χ3n) is 10.1. The second kappa shape index (κ2) is 13.8. The maximum Gasteiger partial charge on any atom is 0.411 e. The smallest absolute Gasteiger partial charge is 0.411 e. The second-order valence-electron chi connectivity index (χ2n) is 16.4. The number of piperidine rings is 1. The standard InChI is InChI=1S/C36H54N6O6/c1-20(38-25(34(2,3)4)19-48-33(47)40-22-13-11-10-12-14-22)39-29(35(5,6)7)32(46)42-18-23-26(36(23,8)9)27(42)31(45)41-24(17-21-15-16-21)28(43)30(37)44/h10-14,21,23-27,29,38-39H,1,15-19H2,2-9H3,(H2,37,44)(H,40,47)(H,41,45)/t23?,24?,25-,26+,27?,29?/m1/s1. The number of likely N-dealkylation sites (tertiary alicyclic amines) is 1. The summed E-state index contributed by atoms with van der Waals surface area (Å²) in [5.41, 5.74) is 4.84. The zero-order valence-electron chi connectivity index (χ0n) is 29.6. The van der Waals surface area contributed by atoms with Crippen LogP contribution in [0.15, 0.2) is 42.7 Å². The Morgan fingerprint density at radius 1 is 0.979 bits per heavy atom. The molecule has 12 nitrogen and oxygen atoms in total. The third kappa shape index (κ3) is 8.68. The Morgan fingerprint density at radius 2 is 1.60 bits per heavy atom. The van der Waals surface area contributed by atoms with Gasteiger partial charge in [-0.2, -0.15) is 0 Å². The lowest BCUT2D eigenvalue weighted by Crippen LogP contribution is -2.60. The molecule has 2 aliphatic carbocycles. The van der Waals surface area contributed by atoms with E-state index in [2.05, 4.69) is 41.7 Å². The van der Waals surface area contributed by atoms with E-state index in [1.165, 1.54) is 0 Å². The van der Waals surface area contributed by atoms with Gasteiger partial charge >= 0.3 is 6.09 Å². The zero-order chi connectivity index (χ0) is 35.8. The van der Waals surface area contributed by atoms with Gasteiger partial charge in [-0.1, -0.05) is 93.0 Å². The normalized spacial score (nSPS) is 23.1. The number of anilines is 1. The van der Waals surface area contributed by atoms with Gasteiger partial charge in [0.05, 0.1) is 17.9 Å². The van der Waals surface area contributed by atoms with Crippen LogP contribution in [-0.4, -0.2) is 71.8 Å². The molecule has 1 heterocycles. The van der Waals surface area contributed by atoms with Crippen molar-refractivity contribution in [1.29, 1.82) is 0 Å². The summed E-state index contributed by atoms with van der Waals surface area (Å²) in [6, 6.07) is 6.08. The van der Waals surface area contributed by atoms with E-state index in [-0.39, 0.29) is 47.1 Å². The first-order chi connectivity index (χ1) is 22.2. The lowest BCUT2D eigenvalue weighted by molar-refractivity contribution is -0.145. The molecule has 1 aliphatic heterocycles. The van der Waals surface area contributed by atoms with Crippen LogP contribution in [0.5, 0.6) is 0 Å². The van der Waals surface area contributed by atoms with E-state index < -0.39 is 47.2 Å². The van der Waals surface area contributed by atoms with Crippen LogP contribution in [0.3, 0.4) is 0 Å². The maximum absolute atomic E-state index is 14.4. The Balaban J connectivity index is 1.46. The molecule has 4 unspecified atom stereocenters. The minimum absolute atomic E-state index is 0.0376. The number of ether oxygens (including phenoxy) is 1. The number of carbonyl (C=O) groups is 5. The van der Waals surface area contributed by atoms with Gasteiger partial charge < -0.3 is 31.3 Å². The molecule has 0 radical (unpaired) electrons. The first kappa shape index (κ1) is 36.7. The predicted octanol–water partition coefficient (Wildman–Crippen LogP) is 3.54. The minimum atomic E-state index is -1.08. The molecular formula is C36H54N6O6. The number of fused-ring (bicyclic) bond motifs is 1. The number of nitrogens with two attached hydrogens (primary N) is 1. The van der Waals surface area contributed by atoms with Crippen molar-refractivity contribution in [1.82, 2.24) is 20.9 Å². The first-order valence-corrected chi connectivity index (χ1v) is 16.9. The highest BCUT2D eigenvalue weighted by Crippen LogP contribution is 2.65. The number of primary amides is 1. The van der Waals surface area contributed by atoms with E-state index in [4.69, 9.17) is 10.5 Å². The van der Waals surface area contributed by atoms with Crippen LogP contribution >= 0.6 is 0 Å². The Kier molecular flexibility index (Phi) is 10.6. The molecule has 0 bridgehead atoms. The first-order valence-electron chi connectivity index (χ1n) is 16.9. The molecule has 1 aromatic rings. The van der Waals surface area contributed by atoms with Crippen molar-refractivity contribution >= 4 is 35.3 Å². The molecule has 264 valence electrons. The maximum atomic E-state index is 14.4. The summed E-state index contributed by atoms with van der Waals surface area (Å²) in [6.45, 7) is 20.6. The van der Waals surface area contributed by atoms with Gasteiger partial charge in [0.25, 0.3) is 5.91 Å². The number of para-hydroxylation sites is 1. The number of Topliss-reactive ketones (excluding diaryl/α,β-unsaturated/α-hetero) is 1. The van der Waals surface area contributed by atoms with Gasteiger partial charge in [0.1, 0.15) is 18.7 Å². The minimum Gasteiger partial charge on any atom is -0.447 e. The zero-order valence-corrected chi connectivity index (χ0v) is 29.6. The summed E-state index contributed by atoms with van der Waals surface area (Å²) >= 11 is 0. The SMILES string of the molecule is C=C(NC(C(=O)N1CC2[C@@H](C1C(=O)NC(CC1CC1)C(=O)C(N)=O)C2(C)C)C(C)(C)C)N[C@H](COC(=O)Nc1ccccc1)C(C)(C)C. The number of benzene rings is 1. The van der Waals surface area contributed by atoms with E-state index in [0.29, 0.717) is 24.5 Å². The quantitative estimate of drug-likeness (QED) is 0.188. The Bertz CT molecular complexity index is 1410. The lowest BCUT2D eigenvalue weighted by atomic mass is 9.85. The summed E-state index contributed by atoms with van der Waals surface area (Å²) in [6.07, 6.45) is 1.64. The van der Waals surface area contributed by atoms with Gasteiger partial charge in [0.15, 0.2) is 0 Å². The molecule has 3 fully saturated rings. The van der Waals surface area contributed by atoms with Crippen LogP contribution in [-0.2, 0) is 23.9 Å². The predicted molar refractivity (Wildman–Crippen MR) is 183 cm³/mol.